The van der Waals surface area contributed by atoms with Crippen LogP contribution in [0.25, 0.3) is 5.78 Å². The Bertz CT molecular complexity index is 1220. The van der Waals surface area contributed by atoms with Crippen LogP contribution in [0.3, 0.4) is 0 Å². The lowest BCUT2D eigenvalue weighted by Gasteiger charge is -2.15. The number of ether oxygens (including phenoxy) is 1. The molecule has 0 aliphatic heterocycles. The van der Waals surface area contributed by atoms with E-state index in [1.807, 2.05) is 39.8 Å². The molecule has 0 N–H and O–H groups in total. The number of hydrogen-bond acceptors (Lipinski definition) is 6. The van der Waals surface area contributed by atoms with E-state index < -0.39 is 5.97 Å². The van der Waals surface area contributed by atoms with Crippen molar-refractivity contribution in [1.82, 2.24) is 24.1 Å². The Morgan fingerprint density at radius 3 is 2.62 bits per heavy atom. The van der Waals surface area contributed by atoms with Gasteiger partial charge in [0.15, 0.2) is 6.61 Å². The third-order valence-electron chi connectivity index (χ3n) is 6.05. The minimum atomic E-state index is -0.737. The van der Waals surface area contributed by atoms with Gasteiger partial charge in [0.05, 0.1) is 0 Å². The molecule has 0 amide bonds. The fourth-order valence-electron chi connectivity index (χ4n) is 4.34. The number of rotatable bonds is 7. The Hall–Kier alpha value is -3.29. The van der Waals surface area contributed by atoms with Crippen LogP contribution in [0.15, 0.2) is 23.8 Å². The fourth-order valence-corrected chi connectivity index (χ4v) is 4.34. The number of allylic oxidation sites excluding steroid dienone is 2. The third kappa shape index (κ3) is 4.49. The Labute approximate surface area is 187 Å². The fraction of sp³-hybridized carbons (Fsp3) is 0.458. The SMILES string of the molecule is Cc1cc(C)n2nc(C(=O)OCC(=O)c3cc(C)n(CCC4=CCCCC4)c3C)nc2n1. The van der Waals surface area contributed by atoms with Crippen LogP contribution in [0.1, 0.15) is 75.9 Å². The zero-order valence-electron chi connectivity index (χ0n) is 19.1. The molecule has 3 heterocycles. The van der Waals surface area contributed by atoms with Gasteiger partial charge in [-0.25, -0.2) is 14.3 Å². The molecule has 168 valence electrons. The van der Waals surface area contributed by atoms with Crippen LogP contribution in [-0.2, 0) is 11.3 Å². The molecular weight excluding hydrogens is 406 g/mol. The van der Waals surface area contributed by atoms with E-state index in [-0.39, 0.29) is 18.2 Å². The van der Waals surface area contributed by atoms with Gasteiger partial charge in [-0.05, 0) is 71.9 Å². The highest BCUT2D eigenvalue weighted by Crippen LogP contribution is 2.23. The van der Waals surface area contributed by atoms with Gasteiger partial charge < -0.3 is 9.30 Å². The molecule has 0 bridgehead atoms. The molecule has 0 saturated heterocycles. The summed E-state index contributed by atoms with van der Waals surface area (Å²) in [6.45, 7) is 8.15. The topological polar surface area (TPSA) is 91.4 Å². The summed E-state index contributed by atoms with van der Waals surface area (Å²) in [5, 5.41) is 4.16. The number of esters is 1. The summed E-state index contributed by atoms with van der Waals surface area (Å²) in [7, 11) is 0. The van der Waals surface area contributed by atoms with Gasteiger partial charge >= 0.3 is 5.97 Å². The summed E-state index contributed by atoms with van der Waals surface area (Å²) in [6.07, 6.45) is 8.25. The van der Waals surface area contributed by atoms with Crippen LogP contribution in [-0.4, -0.2) is 42.5 Å². The highest BCUT2D eigenvalue weighted by molar-refractivity contribution is 6.00. The second-order valence-electron chi connectivity index (χ2n) is 8.48. The van der Waals surface area contributed by atoms with Gasteiger partial charge in [0.1, 0.15) is 0 Å². The number of carbonyl (C=O) groups excluding carboxylic acids is 2. The van der Waals surface area contributed by atoms with E-state index in [0.717, 1.165) is 35.7 Å². The smallest absolute Gasteiger partial charge is 0.378 e. The summed E-state index contributed by atoms with van der Waals surface area (Å²) in [5.41, 5.74) is 5.63. The molecule has 4 rings (SSSR count). The van der Waals surface area contributed by atoms with Crippen LogP contribution in [0.5, 0.6) is 0 Å². The van der Waals surface area contributed by atoms with Crippen molar-refractivity contribution < 1.29 is 14.3 Å². The highest BCUT2D eigenvalue weighted by atomic mass is 16.5. The molecule has 1 aliphatic rings. The molecule has 0 spiro atoms. The van der Waals surface area contributed by atoms with Crippen molar-refractivity contribution in [1.29, 1.82) is 0 Å². The number of Topliss-reactive ketones (excluding diaryl/α,β-unsaturated/α-hetero) is 1. The Balaban J connectivity index is 1.41. The summed E-state index contributed by atoms with van der Waals surface area (Å²) < 4.78 is 8.89. The van der Waals surface area contributed by atoms with Crippen molar-refractivity contribution in [3.63, 3.8) is 0 Å². The Morgan fingerprint density at radius 1 is 1.06 bits per heavy atom. The number of aromatic nitrogens is 5. The lowest BCUT2D eigenvalue weighted by molar-refractivity contribution is 0.0462. The van der Waals surface area contributed by atoms with Crippen LogP contribution in [0.2, 0.25) is 0 Å². The molecule has 32 heavy (non-hydrogen) atoms. The lowest BCUT2D eigenvalue weighted by atomic mass is 9.97. The minimum absolute atomic E-state index is 0.106. The molecule has 0 aromatic carbocycles. The van der Waals surface area contributed by atoms with Crippen LogP contribution in [0.4, 0.5) is 0 Å². The minimum Gasteiger partial charge on any atom is -0.451 e. The van der Waals surface area contributed by atoms with Gasteiger partial charge in [0.25, 0.3) is 11.6 Å². The average molecular weight is 436 g/mol. The van der Waals surface area contributed by atoms with E-state index >= 15 is 0 Å². The molecule has 0 unspecified atom stereocenters. The molecule has 0 fully saturated rings. The largest absolute Gasteiger partial charge is 0.451 e. The quantitative estimate of drug-likeness (QED) is 0.315. The summed E-state index contributed by atoms with van der Waals surface area (Å²) >= 11 is 0. The Morgan fingerprint density at radius 2 is 1.88 bits per heavy atom. The maximum Gasteiger partial charge on any atom is 0.378 e. The van der Waals surface area contributed by atoms with Crippen LogP contribution >= 0.6 is 0 Å². The standard InChI is InChI=1S/C24H29N5O3/c1-15-12-17(3)29-24(25-15)26-22(27-29)23(31)32-14-21(30)20-13-16(2)28(18(20)4)11-10-19-8-6-5-7-9-19/h8,12-13H,5-7,9-11,14H2,1-4H3. The molecule has 1 aliphatic carbocycles. The van der Waals surface area contributed by atoms with E-state index in [0.29, 0.717) is 11.3 Å². The van der Waals surface area contributed by atoms with Gasteiger partial charge in [-0.15, -0.1) is 5.10 Å². The number of aryl methyl sites for hydroxylation is 3. The molecular formula is C24H29N5O3. The number of carbonyl (C=O) groups is 2. The zero-order chi connectivity index (χ0) is 22.8. The van der Waals surface area contributed by atoms with E-state index in [1.165, 1.54) is 35.8 Å². The second-order valence-corrected chi connectivity index (χ2v) is 8.48. The molecule has 3 aromatic heterocycles. The molecule has 3 aromatic rings. The first kappa shape index (κ1) is 21.9. The van der Waals surface area contributed by atoms with Crippen molar-refractivity contribution in [3.8, 4) is 0 Å². The number of ketones is 1. The van der Waals surface area contributed by atoms with E-state index in [9.17, 15) is 9.59 Å². The Kier molecular flexibility index (Phi) is 6.21. The first-order valence-electron chi connectivity index (χ1n) is 11.1. The highest BCUT2D eigenvalue weighted by Gasteiger charge is 2.21. The normalized spacial score (nSPS) is 13.9. The maximum atomic E-state index is 12.8. The third-order valence-corrected chi connectivity index (χ3v) is 6.05. The molecule has 0 atom stereocenters. The van der Waals surface area contributed by atoms with Gasteiger partial charge in [-0.1, -0.05) is 11.6 Å². The summed E-state index contributed by atoms with van der Waals surface area (Å²) in [5.74, 6) is -0.745. The predicted octanol–water partition coefficient (Wildman–Crippen LogP) is 4.09. The molecule has 8 nitrogen and oxygen atoms in total. The van der Waals surface area contributed by atoms with Gasteiger partial charge in [-0.2, -0.15) is 4.98 Å². The van der Waals surface area contributed by atoms with Crippen molar-refractivity contribution in [2.45, 2.75) is 66.3 Å². The van der Waals surface area contributed by atoms with E-state index in [1.54, 1.807) is 0 Å². The summed E-state index contributed by atoms with van der Waals surface area (Å²) in [6, 6.07) is 3.72. The molecule has 0 saturated carbocycles. The first-order valence-corrected chi connectivity index (χ1v) is 11.1. The van der Waals surface area contributed by atoms with Crippen molar-refractivity contribution in [2.24, 2.45) is 0 Å². The molecule has 0 radical (unpaired) electrons. The van der Waals surface area contributed by atoms with Crippen molar-refractivity contribution in [3.05, 3.63) is 57.9 Å². The van der Waals surface area contributed by atoms with E-state index in [2.05, 4.69) is 25.7 Å². The van der Waals surface area contributed by atoms with Crippen LogP contribution in [0, 0.1) is 27.7 Å². The van der Waals surface area contributed by atoms with E-state index in [4.69, 9.17) is 4.74 Å². The predicted molar refractivity (Wildman–Crippen MR) is 120 cm³/mol. The lowest BCUT2D eigenvalue weighted by Crippen LogP contribution is -2.16. The average Bonchev–Trinajstić information content (AvgIpc) is 3.32. The molecule has 8 heteroatoms. The van der Waals surface area contributed by atoms with Crippen LogP contribution < -0.4 is 0 Å². The maximum absolute atomic E-state index is 12.8. The number of fused-ring (bicyclic) bond motifs is 1. The number of nitrogens with zero attached hydrogens (tertiary/aromatic N) is 5. The van der Waals surface area contributed by atoms with Gasteiger partial charge in [-0.3, -0.25) is 4.79 Å². The second kappa shape index (κ2) is 9.06. The number of hydrogen-bond donors (Lipinski definition) is 0. The monoisotopic (exact) mass is 435 g/mol. The van der Waals surface area contributed by atoms with Crippen molar-refractivity contribution in [2.75, 3.05) is 6.61 Å². The first-order chi connectivity index (χ1) is 15.3. The van der Waals surface area contributed by atoms with Gasteiger partial charge in [0, 0.05) is 34.9 Å². The zero-order valence-corrected chi connectivity index (χ0v) is 19.1. The van der Waals surface area contributed by atoms with Crippen molar-refractivity contribution >= 4 is 17.5 Å². The summed E-state index contributed by atoms with van der Waals surface area (Å²) in [4.78, 5) is 33.6. The van der Waals surface area contributed by atoms with Gasteiger partial charge in [0.2, 0.25) is 5.78 Å².